The number of amides is 2. The van der Waals surface area contributed by atoms with E-state index in [4.69, 9.17) is 4.74 Å². The summed E-state index contributed by atoms with van der Waals surface area (Å²) in [5.41, 5.74) is 0.795. The van der Waals surface area contributed by atoms with Gasteiger partial charge in [0.1, 0.15) is 11.8 Å². The van der Waals surface area contributed by atoms with Gasteiger partial charge in [-0.3, -0.25) is 9.59 Å². The van der Waals surface area contributed by atoms with Crippen LogP contribution in [0.2, 0.25) is 0 Å². The molecule has 1 heterocycles. The van der Waals surface area contributed by atoms with Crippen LogP contribution in [0.3, 0.4) is 0 Å². The van der Waals surface area contributed by atoms with E-state index in [2.05, 4.69) is 10.2 Å². The van der Waals surface area contributed by atoms with Crippen molar-refractivity contribution >= 4 is 11.8 Å². The van der Waals surface area contributed by atoms with Crippen LogP contribution in [-0.2, 0) is 9.59 Å². The molecule has 0 bridgehead atoms. The molecule has 0 aromatic heterocycles. The molecule has 2 amide bonds. The lowest BCUT2D eigenvalue weighted by Crippen LogP contribution is -2.51. The topological polar surface area (TPSA) is 61.9 Å². The van der Waals surface area contributed by atoms with Crippen LogP contribution in [0, 0.1) is 0 Å². The van der Waals surface area contributed by atoms with Crippen molar-refractivity contribution in [3.05, 3.63) is 66.2 Å². The van der Waals surface area contributed by atoms with Crippen molar-refractivity contribution in [1.29, 1.82) is 0 Å². The molecular weight excluding hydrogens is 354 g/mol. The molecule has 2 aromatic rings. The van der Waals surface area contributed by atoms with Gasteiger partial charge in [0.15, 0.2) is 0 Å². The van der Waals surface area contributed by atoms with Crippen molar-refractivity contribution in [3.8, 4) is 5.75 Å². The third kappa shape index (κ3) is 5.57. The number of nitrogens with one attached hydrogen (secondary N) is 1. The monoisotopic (exact) mass is 381 g/mol. The Kier molecular flexibility index (Phi) is 7.03. The van der Waals surface area contributed by atoms with Crippen molar-refractivity contribution < 1.29 is 14.3 Å². The number of rotatable bonds is 7. The van der Waals surface area contributed by atoms with E-state index < -0.39 is 6.04 Å². The molecule has 0 radical (unpaired) electrons. The van der Waals surface area contributed by atoms with Crippen LogP contribution in [0.25, 0.3) is 0 Å². The van der Waals surface area contributed by atoms with Gasteiger partial charge in [-0.15, -0.1) is 0 Å². The highest BCUT2D eigenvalue weighted by molar-refractivity contribution is 5.88. The third-order valence-electron chi connectivity index (χ3n) is 4.84. The summed E-state index contributed by atoms with van der Waals surface area (Å²) in [5.74, 6) is 0.465. The molecule has 1 atom stereocenters. The average molecular weight is 381 g/mol. The molecule has 3 rings (SSSR count). The van der Waals surface area contributed by atoms with Crippen molar-refractivity contribution in [2.75, 3.05) is 39.8 Å². The molecule has 0 saturated carbocycles. The van der Waals surface area contributed by atoms with Crippen molar-refractivity contribution in [1.82, 2.24) is 15.1 Å². The summed E-state index contributed by atoms with van der Waals surface area (Å²) in [6.07, 6.45) is 0.189. The Balaban J connectivity index is 1.60. The molecular formula is C22H27N3O3. The number of benzene rings is 2. The van der Waals surface area contributed by atoms with Crippen LogP contribution in [0.5, 0.6) is 5.75 Å². The van der Waals surface area contributed by atoms with Gasteiger partial charge in [-0.25, -0.2) is 0 Å². The number of carbonyl (C=O) groups excluding carboxylic acids is 2. The molecule has 0 spiro atoms. The number of hydrogen-bond donors (Lipinski definition) is 1. The predicted octanol–water partition coefficient (Wildman–Crippen LogP) is 2.09. The molecule has 1 fully saturated rings. The fraction of sp³-hybridized carbons (Fsp3) is 0.364. The second-order valence-electron chi connectivity index (χ2n) is 6.95. The maximum atomic E-state index is 13.1. The zero-order valence-corrected chi connectivity index (χ0v) is 16.2. The van der Waals surface area contributed by atoms with E-state index in [0.29, 0.717) is 13.1 Å². The predicted molar refractivity (Wildman–Crippen MR) is 108 cm³/mol. The van der Waals surface area contributed by atoms with Gasteiger partial charge < -0.3 is 19.9 Å². The average Bonchev–Trinajstić information content (AvgIpc) is 2.73. The van der Waals surface area contributed by atoms with Gasteiger partial charge in [0.2, 0.25) is 11.8 Å². The number of likely N-dealkylation sites (N-methyl/N-ethyl adjacent to an activating group) is 1. The van der Waals surface area contributed by atoms with Crippen LogP contribution in [0.4, 0.5) is 0 Å². The second kappa shape index (κ2) is 9.90. The highest BCUT2D eigenvalue weighted by atomic mass is 16.5. The van der Waals surface area contributed by atoms with E-state index in [1.807, 2.05) is 72.6 Å². The Morgan fingerprint density at radius 3 is 2.21 bits per heavy atom. The fourth-order valence-corrected chi connectivity index (χ4v) is 3.15. The van der Waals surface area contributed by atoms with E-state index in [0.717, 1.165) is 24.4 Å². The molecule has 1 aliphatic heterocycles. The van der Waals surface area contributed by atoms with E-state index in [1.165, 1.54) is 0 Å². The summed E-state index contributed by atoms with van der Waals surface area (Å²) in [4.78, 5) is 29.6. The van der Waals surface area contributed by atoms with E-state index in [1.54, 1.807) is 0 Å². The van der Waals surface area contributed by atoms with Gasteiger partial charge in [-0.2, -0.15) is 0 Å². The molecule has 0 unspecified atom stereocenters. The first kappa shape index (κ1) is 19.9. The molecule has 6 heteroatoms. The fourth-order valence-electron chi connectivity index (χ4n) is 3.15. The maximum absolute atomic E-state index is 13.1. The zero-order chi connectivity index (χ0) is 19.8. The lowest BCUT2D eigenvalue weighted by molar-refractivity contribution is -0.138. The van der Waals surface area contributed by atoms with Gasteiger partial charge in [0.05, 0.1) is 13.0 Å². The Morgan fingerprint density at radius 1 is 0.964 bits per heavy atom. The lowest BCUT2D eigenvalue weighted by atomic mass is 10.0. The van der Waals surface area contributed by atoms with Gasteiger partial charge in [-0.05, 0) is 24.7 Å². The largest absolute Gasteiger partial charge is 0.493 e. The SMILES string of the molecule is CN1CCN(C(=O)[C@@H](NC(=O)CCOc2ccccc2)c2ccccc2)CC1. The lowest BCUT2D eigenvalue weighted by Gasteiger charge is -2.35. The minimum Gasteiger partial charge on any atom is -0.493 e. The first-order valence-electron chi connectivity index (χ1n) is 9.63. The van der Waals surface area contributed by atoms with E-state index in [9.17, 15) is 9.59 Å². The quantitative estimate of drug-likeness (QED) is 0.798. The standard InChI is InChI=1S/C22H27N3O3/c1-24-13-15-25(16-14-24)22(27)21(18-8-4-2-5-9-18)23-20(26)12-17-28-19-10-6-3-7-11-19/h2-11,21H,12-17H2,1H3,(H,23,26)/t21-/m0/s1. The molecule has 1 saturated heterocycles. The van der Waals surface area contributed by atoms with Gasteiger partial charge >= 0.3 is 0 Å². The van der Waals surface area contributed by atoms with Gasteiger partial charge in [0, 0.05) is 26.2 Å². The van der Waals surface area contributed by atoms with Gasteiger partial charge in [0.25, 0.3) is 0 Å². The highest BCUT2D eigenvalue weighted by Gasteiger charge is 2.29. The van der Waals surface area contributed by atoms with Crippen LogP contribution in [-0.4, -0.2) is 61.4 Å². The summed E-state index contributed by atoms with van der Waals surface area (Å²) >= 11 is 0. The van der Waals surface area contributed by atoms with Crippen LogP contribution >= 0.6 is 0 Å². The Morgan fingerprint density at radius 2 is 1.57 bits per heavy atom. The molecule has 1 aliphatic rings. The zero-order valence-electron chi connectivity index (χ0n) is 16.2. The van der Waals surface area contributed by atoms with E-state index in [-0.39, 0.29) is 24.8 Å². The maximum Gasteiger partial charge on any atom is 0.249 e. The van der Waals surface area contributed by atoms with Crippen molar-refractivity contribution in [3.63, 3.8) is 0 Å². The molecule has 6 nitrogen and oxygen atoms in total. The molecule has 1 N–H and O–H groups in total. The molecule has 148 valence electrons. The number of para-hydroxylation sites is 1. The third-order valence-corrected chi connectivity index (χ3v) is 4.84. The molecule has 28 heavy (non-hydrogen) atoms. The highest BCUT2D eigenvalue weighted by Crippen LogP contribution is 2.17. The molecule has 2 aromatic carbocycles. The normalized spacial score (nSPS) is 15.7. The summed E-state index contributed by atoms with van der Waals surface area (Å²) in [5, 5.41) is 2.90. The first-order valence-corrected chi connectivity index (χ1v) is 9.63. The smallest absolute Gasteiger partial charge is 0.249 e. The van der Waals surface area contributed by atoms with Gasteiger partial charge in [-0.1, -0.05) is 48.5 Å². The van der Waals surface area contributed by atoms with Crippen molar-refractivity contribution in [2.45, 2.75) is 12.5 Å². The minimum atomic E-state index is -0.672. The number of hydrogen-bond acceptors (Lipinski definition) is 4. The summed E-state index contributed by atoms with van der Waals surface area (Å²) in [6.45, 7) is 3.29. The summed E-state index contributed by atoms with van der Waals surface area (Å²) in [7, 11) is 2.05. The van der Waals surface area contributed by atoms with Crippen LogP contribution in [0.1, 0.15) is 18.0 Å². The minimum absolute atomic E-state index is 0.0587. The van der Waals surface area contributed by atoms with Crippen molar-refractivity contribution in [2.24, 2.45) is 0 Å². The number of ether oxygens (including phenoxy) is 1. The number of nitrogens with zero attached hydrogens (tertiary/aromatic N) is 2. The summed E-state index contributed by atoms with van der Waals surface area (Å²) in [6, 6.07) is 18.1. The van der Waals surface area contributed by atoms with Crippen LogP contribution < -0.4 is 10.1 Å². The second-order valence-corrected chi connectivity index (χ2v) is 6.95. The van der Waals surface area contributed by atoms with Crippen LogP contribution in [0.15, 0.2) is 60.7 Å². The first-order chi connectivity index (χ1) is 13.6. The summed E-state index contributed by atoms with van der Waals surface area (Å²) < 4.78 is 5.59. The number of piperazine rings is 1. The Bertz CT molecular complexity index is 759. The Hall–Kier alpha value is -2.86. The van der Waals surface area contributed by atoms with E-state index >= 15 is 0 Å². The Labute approximate surface area is 166 Å². The number of carbonyl (C=O) groups is 2. The molecule has 0 aliphatic carbocycles.